The maximum absolute atomic E-state index is 5.30. The summed E-state index contributed by atoms with van der Waals surface area (Å²) in [7, 11) is 0. The van der Waals surface area contributed by atoms with Gasteiger partial charge in [0, 0.05) is 51.0 Å². The molecule has 3 rings (SSSR count). The largest absolute Gasteiger partial charge is 0.370 e. The molecule has 0 radical (unpaired) electrons. The number of guanidine groups is 1. The van der Waals surface area contributed by atoms with Crippen molar-refractivity contribution >= 4 is 11.6 Å². The van der Waals surface area contributed by atoms with E-state index in [0.29, 0.717) is 30.4 Å². The Morgan fingerprint density at radius 2 is 2.03 bits per heavy atom. The predicted molar refractivity (Wildman–Crippen MR) is 124 cm³/mol. The molecular formula is C23H31N7O. The van der Waals surface area contributed by atoms with Crippen LogP contribution in [0.5, 0.6) is 0 Å². The number of aliphatic imine (C=N–C) groups is 1. The van der Waals surface area contributed by atoms with Gasteiger partial charge in [0.05, 0.1) is 0 Å². The first-order valence-corrected chi connectivity index (χ1v) is 10.8. The monoisotopic (exact) mass is 421 g/mol. The van der Waals surface area contributed by atoms with Crippen molar-refractivity contribution in [3.63, 3.8) is 0 Å². The third kappa shape index (κ3) is 6.80. The van der Waals surface area contributed by atoms with Crippen LogP contribution in [-0.4, -0.2) is 53.8 Å². The van der Waals surface area contributed by atoms with E-state index in [1.54, 1.807) is 6.20 Å². The molecule has 0 spiro atoms. The van der Waals surface area contributed by atoms with Gasteiger partial charge in [0.25, 0.3) is 5.89 Å². The molecule has 0 atom stereocenters. The molecule has 0 aliphatic carbocycles. The molecule has 3 aromatic rings. The summed E-state index contributed by atoms with van der Waals surface area (Å²) < 4.78 is 5.30. The van der Waals surface area contributed by atoms with Crippen molar-refractivity contribution in [3.05, 3.63) is 60.0 Å². The molecule has 0 amide bonds. The Morgan fingerprint density at radius 1 is 1.13 bits per heavy atom. The Balaban J connectivity index is 1.50. The molecule has 8 heteroatoms. The number of pyridine rings is 1. The highest BCUT2D eigenvalue weighted by Gasteiger charge is 2.09. The van der Waals surface area contributed by atoms with Gasteiger partial charge in [-0.3, -0.25) is 9.98 Å². The Labute approximate surface area is 183 Å². The Kier molecular flexibility index (Phi) is 8.39. The van der Waals surface area contributed by atoms with Crippen LogP contribution in [0.25, 0.3) is 11.6 Å². The van der Waals surface area contributed by atoms with Crippen LogP contribution in [0.3, 0.4) is 0 Å². The van der Waals surface area contributed by atoms with E-state index in [9.17, 15) is 0 Å². The summed E-state index contributed by atoms with van der Waals surface area (Å²) in [6, 6.07) is 14.2. The van der Waals surface area contributed by atoms with Gasteiger partial charge < -0.3 is 20.1 Å². The van der Waals surface area contributed by atoms with Gasteiger partial charge in [-0.1, -0.05) is 23.4 Å². The van der Waals surface area contributed by atoms with Crippen LogP contribution in [0, 0.1) is 6.92 Å². The van der Waals surface area contributed by atoms with Gasteiger partial charge in [-0.25, -0.2) is 0 Å². The van der Waals surface area contributed by atoms with Crippen LogP contribution in [0.4, 0.5) is 5.69 Å². The van der Waals surface area contributed by atoms with Gasteiger partial charge in [0.2, 0.25) is 0 Å². The average molecular weight is 422 g/mol. The smallest absolute Gasteiger partial charge is 0.276 e. The van der Waals surface area contributed by atoms with Crippen LogP contribution >= 0.6 is 0 Å². The molecular weight excluding hydrogens is 390 g/mol. The molecule has 0 saturated carbocycles. The molecule has 2 N–H and O–H groups in total. The number of hydrogen-bond acceptors (Lipinski definition) is 6. The first kappa shape index (κ1) is 22.3. The minimum atomic E-state index is 0.431. The quantitative estimate of drug-likeness (QED) is 0.384. The maximum Gasteiger partial charge on any atom is 0.276 e. The first-order chi connectivity index (χ1) is 15.2. The minimum Gasteiger partial charge on any atom is -0.370 e. The number of benzene rings is 1. The predicted octanol–water partition coefficient (Wildman–Crippen LogP) is 3.06. The van der Waals surface area contributed by atoms with Crippen molar-refractivity contribution in [2.45, 2.75) is 27.2 Å². The first-order valence-electron chi connectivity index (χ1n) is 10.8. The van der Waals surface area contributed by atoms with Crippen LogP contribution in [0.1, 0.15) is 25.2 Å². The standard InChI is InChI=1S/C23H31N7O/c1-4-24-23(27-15-16-30(5-2)19-10-8-9-18(3)17-19)26-14-12-21-28-22(31-29-21)20-11-6-7-13-25-20/h6-11,13,17H,4-5,12,14-16H2,1-3H3,(H2,24,26,27). The van der Waals surface area contributed by atoms with Crippen molar-refractivity contribution in [1.82, 2.24) is 25.8 Å². The molecule has 31 heavy (non-hydrogen) atoms. The van der Waals surface area contributed by atoms with Gasteiger partial charge >= 0.3 is 0 Å². The average Bonchev–Trinajstić information content (AvgIpc) is 3.26. The summed E-state index contributed by atoms with van der Waals surface area (Å²) in [5.74, 6) is 1.84. The summed E-state index contributed by atoms with van der Waals surface area (Å²) in [6.45, 7) is 10.3. The highest BCUT2D eigenvalue weighted by molar-refractivity contribution is 5.79. The fraction of sp³-hybridized carbons (Fsp3) is 0.391. The Hall–Kier alpha value is -3.42. The molecule has 2 heterocycles. The maximum atomic E-state index is 5.30. The number of nitrogens with zero attached hydrogens (tertiary/aromatic N) is 5. The van der Waals surface area contributed by atoms with Crippen molar-refractivity contribution in [1.29, 1.82) is 0 Å². The summed E-state index contributed by atoms with van der Waals surface area (Å²) >= 11 is 0. The molecule has 164 valence electrons. The second kappa shape index (κ2) is 11.7. The van der Waals surface area contributed by atoms with E-state index in [-0.39, 0.29) is 0 Å². The van der Waals surface area contributed by atoms with Gasteiger partial charge in [-0.15, -0.1) is 0 Å². The Morgan fingerprint density at radius 3 is 2.77 bits per heavy atom. The lowest BCUT2D eigenvalue weighted by atomic mass is 10.2. The molecule has 2 aromatic heterocycles. The van der Waals surface area contributed by atoms with Crippen LogP contribution in [0.2, 0.25) is 0 Å². The van der Waals surface area contributed by atoms with Gasteiger partial charge in [0.1, 0.15) is 5.69 Å². The van der Waals surface area contributed by atoms with E-state index in [1.807, 2.05) is 18.2 Å². The van der Waals surface area contributed by atoms with Crippen LogP contribution < -0.4 is 15.5 Å². The van der Waals surface area contributed by atoms with E-state index < -0.39 is 0 Å². The number of nitrogens with one attached hydrogen (secondary N) is 2. The van der Waals surface area contributed by atoms with E-state index in [4.69, 9.17) is 4.52 Å². The lowest BCUT2D eigenvalue weighted by molar-refractivity contribution is 0.421. The fourth-order valence-electron chi connectivity index (χ4n) is 3.16. The van der Waals surface area contributed by atoms with E-state index >= 15 is 0 Å². The van der Waals surface area contributed by atoms with Crippen molar-refractivity contribution in [3.8, 4) is 11.6 Å². The molecule has 0 unspecified atom stereocenters. The molecule has 0 fully saturated rings. The number of anilines is 1. The molecule has 0 saturated heterocycles. The molecule has 0 aliphatic rings. The normalized spacial score (nSPS) is 11.4. The number of rotatable bonds is 10. The Bertz CT molecular complexity index is 955. The highest BCUT2D eigenvalue weighted by atomic mass is 16.5. The van der Waals surface area contributed by atoms with Crippen molar-refractivity contribution < 1.29 is 4.52 Å². The lowest BCUT2D eigenvalue weighted by Gasteiger charge is -2.24. The van der Waals surface area contributed by atoms with E-state index in [2.05, 4.69) is 80.7 Å². The number of aromatic nitrogens is 3. The third-order valence-electron chi connectivity index (χ3n) is 4.72. The molecule has 1 aromatic carbocycles. The van der Waals surface area contributed by atoms with Crippen LogP contribution in [-0.2, 0) is 6.42 Å². The summed E-state index contributed by atoms with van der Waals surface area (Å²) in [5.41, 5.74) is 3.19. The number of likely N-dealkylation sites (N-methyl/N-ethyl adjacent to an activating group) is 1. The molecule has 8 nitrogen and oxygen atoms in total. The summed E-state index contributed by atoms with van der Waals surface area (Å²) in [4.78, 5) is 15.6. The summed E-state index contributed by atoms with van der Waals surface area (Å²) in [5, 5.41) is 10.7. The van der Waals surface area contributed by atoms with Crippen molar-refractivity contribution in [2.24, 2.45) is 4.99 Å². The number of hydrogen-bond donors (Lipinski definition) is 2. The second-order valence-electron chi connectivity index (χ2n) is 7.09. The zero-order chi connectivity index (χ0) is 21.9. The fourth-order valence-corrected chi connectivity index (χ4v) is 3.16. The summed E-state index contributed by atoms with van der Waals surface area (Å²) in [6.07, 6.45) is 2.30. The SMILES string of the molecule is CCNC(=NCCc1noc(-c2ccccn2)n1)NCCN(CC)c1cccc(C)c1. The van der Waals surface area contributed by atoms with Gasteiger partial charge in [-0.2, -0.15) is 4.98 Å². The number of aryl methyl sites for hydroxylation is 1. The topological polar surface area (TPSA) is 91.5 Å². The van der Waals surface area contributed by atoms with Crippen LogP contribution in [0.15, 0.2) is 58.2 Å². The highest BCUT2D eigenvalue weighted by Crippen LogP contribution is 2.15. The van der Waals surface area contributed by atoms with E-state index in [1.165, 1.54) is 11.3 Å². The zero-order valence-corrected chi connectivity index (χ0v) is 18.5. The minimum absolute atomic E-state index is 0.431. The lowest BCUT2D eigenvalue weighted by Crippen LogP contribution is -2.41. The molecule has 0 aliphatic heterocycles. The van der Waals surface area contributed by atoms with Gasteiger partial charge in [0.15, 0.2) is 11.8 Å². The third-order valence-corrected chi connectivity index (χ3v) is 4.72. The second-order valence-corrected chi connectivity index (χ2v) is 7.09. The zero-order valence-electron chi connectivity index (χ0n) is 18.5. The van der Waals surface area contributed by atoms with E-state index in [0.717, 1.165) is 32.1 Å². The van der Waals surface area contributed by atoms with Crippen molar-refractivity contribution in [2.75, 3.05) is 37.6 Å². The molecule has 0 bridgehead atoms. The van der Waals surface area contributed by atoms with Gasteiger partial charge in [-0.05, 0) is 50.6 Å².